The largest absolute Gasteiger partial charge is 0.465 e. The van der Waals surface area contributed by atoms with E-state index in [1.807, 2.05) is 28.9 Å². The van der Waals surface area contributed by atoms with Gasteiger partial charge in [0.2, 0.25) is 0 Å². The molecule has 5 heteroatoms. The molecular formula is C17H17N3O2. The molecule has 0 aliphatic carbocycles. The number of pyridine rings is 1. The molecule has 22 heavy (non-hydrogen) atoms. The molecule has 0 spiro atoms. The Hall–Kier alpha value is -2.69. The zero-order valence-corrected chi connectivity index (χ0v) is 12.8. The van der Waals surface area contributed by atoms with Gasteiger partial charge in [0.15, 0.2) is 0 Å². The highest BCUT2D eigenvalue weighted by atomic mass is 16.5. The summed E-state index contributed by atoms with van der Waals surface area (Å²) in [4.78, 5) is 16.3. The van der Waals surface area contributed by atoms with E-state index in [1.165, 1.54) is 7.11 Å². The lowest BCUT2D eigenvalue weighted by atomic mass is 10.0. The molecule has 0 saturated heterocycles. The molecule has 1 aromatic carbocycles. The Bertz CT molecular complexity index is 823. The number of fused-ring (bicyclic) bond motifs is 1. The number of carbonyl (C=O) groups excluding carboxylic acids is 1. The van der Waals surface area contributed by atoms with Gasteiger partial charge in [-0.2, -0.15) is 5.10 Å². The third kappa shape index (κ3) is 2.35. The fraction of sp³-hybridized carbons (Fsp3) is 0.235. The zero-order chi connectivity index (χ0) is 15.7. The molecule has 0 atom stereocenters. The van der Waals surface area contributed by atoms with Crippen LogP contribution in [0, 0.1) is 0 Å². The van der Waals surface area contributed by atoms with Crippen molar-refractivity contribution in [3.63, 3.8) is 0 Å². The molecule has 0 radical (unpaired) electrons. The first kappa shape index (κ1) is 14.3. The van der Waals surface area contributed by atoms with E-state index < -0.39 is 0 Å². The van der Waals surface area contributed by atoms with Gasteiger partial charge in [0.1, 0.15) is 0 Å². The number of benzene rings is 1. The average molecular weight is 295 g/mol. The molecule has 2 heterocycles. The molecule has 112 valence electrons. The molecule has 0 bridgehead atoms. The van der Waals surface area contributed by atoms with Crippen LogP contribution in [0.4, 0.5) is 0 Å². The van der Waals surface area contributed by atoms with Crippen LogP contribution in [-0.4, -0.2) is 27.8 Å². The number of ether oxygens (including phenoxy) is 1. The summed E-state index contributed by atoms with van der Waals surface area (Å²) in [6.45, 7) is 4.11. The van der Waals surface area contributed by atoms with Crippen LogP contribution in [0.25, 0.3) is 22.0 Å². The number of hydrogen-bond acceptors (Lipinski definition) is 4. The van der Waals surface area contributed by atoms with Gasteiger partial charge < -0.3 is 4.74 Å². The van der Waals surface area contributed by atoms with E-state index in [-0.39, 0.29) is 12.0 Å². The van der Waals surface area contributed by atoms with Crippen molar-refractivity contribution in [2.75, 3.05) is 7.11 Å². The molecule has 3 rings (SSSR count). The quantitative estimate of drug-likeness (QED) is 0.694. The first-order chi connectivity index (χ1) is 10.6. The summed E-state index contributed by atoms with van der Waals surface area (Å²) in [6.07, 6.45) is 5.22. The highest BCUT2D eigenvalue weighted by molar-refractivity contribution is 6.05. The number of nitrogens with zero attached hydrogens (tertiary/aromatic N) is 3. The van der Waals surface area contributed by atoms with E-state index in [0.717, 1.165) is 22.0 Å². The van der Waals surface area contributed by atoms with Crippen molar-refractivity contribution in [1.82, 2.24) is 14.8 Å². The lowest BCUT2D eigenvalue weighted by Crippen LogP contribution is -2.05. The van der Waals surface area contributed by atoms with Gasteiger partial charge in [-0.1, -0.05) is 6.07 Å². The Balaban J connectivity index is 2.30. The summed E-state index contributed by atoms with van der Waals surface area (Å²) in [5.41, 5.74) is 3.30. The fourth-order valence-corrected chi connectivity index (χ4v) is 2.54. The second-order valence-corrected chi connectivity index (χ2v) is 5.37. The monoisotopic (exact) mass is 295 g/mol. The second-order valence-electron chi connectivity index (χ2n) is 5.37. The van der Waals surface area contributed by atoms with Crippen LogP contribution in [0.2, 0.25) is 0 Å². The topological polar surface area (TPSA) is 57.0 Å². The number of esters is 1. The molecule has 0 amide bonds. The van der Waals surface area contributed by atoms with Crippen LogP contribution < -0.4 is 0 Å². The van der Waals surface area contributed by atoms with Crippen LogP contribution in [-0.2, 0) is 4.74 Å². The van der Waals surface area contributed by atoms with Gasteiger partial charge in [-0.15, -0.1) is 0 Å². The van der Waals surface area contributed by atoms with Crippen molar-refractivity contribution in [3.05, 3.63) is 48.4 Å². The maximum atomic E-state index is 12.1. The van der Waals surface area contributed by atoms with Crippen molar-refractivity contribution < 1.29 is 9.53 Å². The molecule has 2 aromatic heterocycles. The number of hydrogen-bond donors (Lipinski definition) is 0. The van der Waals surface area contributed by atoms with Gasteiger partial charge in [-0.05, 0) is 37.6 Å². The summed E-state index contributed by atoms with van der Waals surface area (Å²) in [5, 5.41) is 5.20. The summed E-state index contributed by atoms with van der Waals surface area (Å²) in [5.74, 6) is -0.362. The third-order valence-electron chi connectivity index (χ3n) is 3.61. The Morgan fingerprint density at radius 1 is 1.23 bits per heavy atom. The first-order valence-corrected chi connectivity index (χ1v) is 7.11. The summed E-state index contributed by atoms with van der Waals surface area (Å²) < 4.78 is 6.82. The maximum absolute atomic E-state index is 12.1. The van der Waals surface area contributed by atoms with Gasteiger partial charge in [-0.3, -0.25) is 9.67 Å². The van der Waals surface area contributed by atoms with Crippen molar-refractivity contribution in [1.29, 1.82) is 0 Å². The van der Waals surface area contributed by atoms with Crippen LogP contribution in [0.3, 0.4) is 0 Å². The smallest absolute Gasteiger partial charge is 0.338 e. The van der Waals surface area contributed by atoms with Crippen molar-refractivity contribution in [3.8, 4) is 11.1 Å². The van der Waals surface area contributed by atoms with Gasteiger partial charge in [0.05, 0.1) is 24.4 Å². The third-order valence-corrected chi connectivity index (χ3v) is 3.61. The first-order valence-electron chi connectivity index (χ1n) is 7.11. The van der Waals surface area contributed by atoms with Gasteiger partial charge >= 0.3 is 5.97 Å². The van der Waals surface area contributed by atoms with Gasteiger partial charge in [-0.25, -0.2) is 4.79 Å². The Morgan fingerprint density at radius 3 is 2.68 bits per heavy atom. The molecule has 0 fully saturated rings. The van der Waals surface area contributed by atoms with Gasteiger partial charge in [0, 0.05) is 29.4 Å². The van der Waals surface area contributed by atoms with Crippen molar-refractivity contribution in [2.45, 2.75) is 19.9 Å². The number of rotatable bonds is 3. The molecule has 0 N–H and O–H groups in total. The van der Waals surface area contributed by atoms with Crippen LogP contribution in [0.5, 0.6) is 0 Å². The maximum Gasteiger partial charge on any atom is 0.338 e. The van der Waals surface area contributed by atoms with Crippen molar-refractivity contribution in [2.24, 2.45) is 0 Å². The average Bonchev–Trinajstić information content (AvgIpc) is 2.98. The van der Waals surface area contributed by atoms with Crippen molar-refractivity contribution >= 4 is 16.9 Å². The van der Waals surface area contributed by atoms with Crippen LogP contribution >= 0.6 is 0 Å². The molecule has 5 nitrogen and oxygen atoms in total. The van der Waals surface area contributed by atoms with Crippen LogP contribution in [0.15, 0.2) is 42.9 Å². The Labute approximate surface area is 128 Å². The zero-order valence-electron chi connectivity index (χ0n) is 12.8. The molecular weight excluding hydrogens is 278 g/mol. The highest BCUT2D eigenvalue weighted by Gasteiger charge is 2.17. The minimum atomic E-state index is -0.362. The summed E-state index contributed by atoms with van der Waals surface area (Å²) in [6, 6.07) is 7.90. The molecule has 0 unspecified atom stereocenters. The SMILES string of the molecule is COC(=O)c1cc(-c2cccnc2)cc2c1cnn2C(C)C. The van der Waals surface area contributed by atoms with Crippen LogP contribution in [0.1, 0.15) is 30.2 Å². The normalized spacial score (nSPS) is 11.1. The molecule has 0 aliphatic heterocycles. The predicted molar refractivity (Wildman–Crippen MR) is 84.7 cm³/mol. The lowest BCUT2D eigenvalue weighted by Gasteiger charge is -2.10. The van der Waals surface area contributed by atoms with E-state index in [0.29, 0.717) is 5.56 Å². The standard InChI is InChI=1S/C17H17N3O2/c1-11(2)20-16-8-13(12-5-4-6-18-9-12)7-14(17(21)22-3)15(16)10-19-20/h4-11H,1-3H3. The van der Waals surface area contributed by atoms with Gasteiger partial charge in [0.25, 0.3) is 0 Å². The minimum absolute atomic E-state index is 0.201. The van der Waals surface area contributed by atoms with E-state index in [1.54, 1.807) is 18.6 Å². The molecule has 0 aliphatic rings. The fourth-order valence-electron chi connectivity index (χ4n) is 2.54. The Morgan fingerprint density at radius 2 is 2.05 bits per heavy atom. The lowest BCUT2D eigenvalue weighted by molar-refractivity contribution is 0.0603. The minimum Gasteiger partial charge on any atom is -0.465 e. The van der Waals surface area contributed by atoms with E-state index in [2.05, 4.69) is 23.9 Å². The van der Waals surface area contributed by atoms with E-state index >= 15 is 0 Å². The Kier molecular flexibility index (Phi) is 3.63. The highest BCUT2D eigenvalue weighted by Crippen LogP contribution is 2.29. The number of aromatic nitrogens is 3. The second kappa shape index (κ2) is 5.60. The molecule has 0 saturated carbocycles. The number of carbonyl (C=O) groups is 1. The van der Waals surface area contributed by atoms with E-state index in [9.17, 15) is 4.79 Å². The molecule has 3 aromatic rings. The van der Waals surface area contributed by atoms with E-state index in [4.69, 9.17) is 4.74 Å². The summed E-state index contributed by atoms with van der Waals surface area (Å²) in [7, 11) is 1.39. The predicted octanol–water partition coefficient (Wildman–Crippen LogP) is 3.47. The number of methoxy groups -OCH3 is 1. The summed E-state index contributed by atoms with van der Waals surface area (Å²) >= 11 is 0.